The zero-order chi connectivity index (χ0) is 22.7. The van der Waals surface area contributed by atoms with Crippen molar-refractivity contribution >= 4 is 44.3 Å². The topological polar surface area (TPSA) is 56.7 Å². The van der Waals surface area contributed by atoms with Crippen LogP contribution in [0.15, 0.2) is 42.5 Å². The molecule has 0 saturated carbocycles. The molecule has 2 aromatic carbocycles. The molecule has 1 aliphatic rings. The second kappa shape index (κ2) is 10.2. The summed E-state index contributed by atoms with van der Waals surface area (Å²) in [5.41, 5.74) is 3.07. The van der Waals surface area contributed by atoms with Crippen molar-refractivity contribution in [2.24, 2.45) is 5.92 Å². The molecule has 170 valence electrons. The number of piperidine rings is 1. The lowest BCUT2D eigenvalue weighted by atomic mass is 10.00. The zero-order valence-electron chi connectivity index (χ0n) is 18.6. The third kappa shape index (κ3) is 5.80. The Labute approximate surface area is 198 Å². The molecule has 0 atom stereocenters. The van der Waals surface area contributed by atoms with Gasteiger partial charge >= 0.3 is 5.97 Å². The van der Waals surface area contributed by atoms with Gasteiger partial charge in [0.15, 0.2) is 5.13 Å². The number of carboxylic acids is 1. The molecule has 1 saturated heterocycles. The van der Waals surface area contributed by atoms with E-state index >= 15 is 0 Å². The maximum Gasteiger partial charge on any atom is 0.307 e. The highest BCUT2D eigenvalue weighted by Crippen LogP contribution is 2.33. The van der Waals surface area contributed by atoms with Crippen molar-refractivity contribution in [1.29, 1.82) is 0 Å². The van der Waals surface area contributed by atoms with Gasteiger partial charge < -0.3 is 10.0 Å². The molecule has 1 fully saturated rings. The van der Waals surface area contributed by atoms with Crippen LogP contribution in [0.1, 0.15) is 37.8 Å². The maximum absolute atomic E-state index is 11.1. The molecule has 5 nitrogen and oxygen atoms in total. The first-order valence-corrected chi connectivity index (χ1v) is 12.4. The number of anilines is 1. The predicted octanol–water partition coefficient (Wildman–Crippen LogP) is 5.70. The summed E-state index contributed by atoms with van der Waals surface area (Å²) < 4.78 is 1.14. The smallest absolute Gasteiger partial charge is 0.307 e. The highest BCUT2D eigenvalue weighted by Gasteiger charge is 2.26. The molecular formula is C25H30ClN3O2S. The Morgan fingerprint density at radius 1 is 1.22 bits per heavy atom. The minimum Gasteiger partial charge on any atom is -0.481 e. The van der Waals surface area contributed by atoms with Crippen LogP contribution in [0.5, 0.6) is 0 Å². The normalized spacial score (nSPS) is 15.2. The minimum absolute atomic E-state index is 0.0732. The number of hydrogen-bond acceptors (Lipinski definition) is 5. The van der Waals surface area contributed by atoms with Crippen LogP contribution in [0.25, 0.3) is 10.2 Å². The summed E-state index contributed by atoms with van der Waals surface area (Å²) >= 11 is 7.86. The number of nitrogens with zero attached hydrogens (tertiary/aromatic N) is 3. The van der Waals surface area contributed by atoms with Crippen LogP contribution >= 0.6 is 22.9 Å². The van der Waals surface area contributed by atoms with Crippen LogP contribution in [0.4, 0.5) is 5.13 Å². The number of carboxylic acid groups (broad SMARTS) is 1. The van der Waals surface area contributed by atoms with E-state index in [1.54, 1.807) is 11.3 Å². The SMILES string of the molecule is CC(C)CN(Cc1cccc(CC(=O)O)c1)C1CCN(c2nc3ccc(Cl)cc3s2)CC1. The van der Waals surface area contributed by atoms with Crippen molar-refractivity contribution in [3.63, 3.8) is 0 Å². The van der Waals surface area contributed by atoms with Gasteiger partial charge in [-0.15, -0.1) is 0 Å². The minimum atomic E-state index is -0.786. The van der Waals surface area contributed by atoms with E-state index in [1.165, 1.54) is 5.56 Å². The van der Waals surface area contributed by atoms with Gasteiger partial charge in [-0.25, -0.2) is 4.98 Å². The summed E-state index contributed by atoms with van der Waals surface area (Å²) in [7, 11) is 0. The van der Waals surface area contributed by atoms with Crippen LogP contribution in [0, 0.1) is 5.92 Å². The van der Waals surface area contributed by atoms with E-state index in [0.29, 0.717) is 12.0 Å². The molecule has 0 aliphatic carbocycles. The van der Waals surface area contributed by atoms with Crippen molar-refractivity contribution in [2.75, 3.05) is 24.5 Å². The molecule has 1 aliphatic heterocycles. The van der Waals surface area contributed by atoms with Crippen LogP contribution in [-0.4, -0.2) is 46.6 Å². The van der Waals surface area contributed by atoms with Gasteiger partial charge in [-0.1, -0.05) is 61.1 Å². The average molecular weight is 472 g/mol. The van der Waals surface area contributed by atoms with Gasteiger partial charge in [-0.2, -0.15) is 0 Å². The van der Waals surface area contributed by atoms with Crippen LogP contribution in [0.2, 0.25) is 5.02 Å². The fourth-order valence-corrected chi connectivity index (χ4v) is 5.80. The van der Waals surface area contributed by atoms with E-state index in [-0.39, 0.29) is 6.42 Å². The lowest BCUT2D eigenvalue weighted by molar-refractivity contribution is -0.136. The van der Waals surface area contributed by atoms with Gasteiger partial charge in [0.2, 0.25) is 0 Å². The van der Waals surface area contributed by atoms with E-state index in [0.717, 1.165) is 65.0 Å². The number of halogens is 1. The third-order valence-electron chi connectivity index (χ3n) is 5.92. The third-order valence-corrected chi connectivity index (χ3v) is 7.24. The lowest BCUT2D eigenvalue weighted by Gasteiger charge is -2.39. The number of thiazole rings is 1. The fourth-order valence-electron chi connectivity index (χ4n) is 4.50. The Morgan fingerprint density at radius 3 is 2.69 bits per heavy atom. The van der Waals surface area contributed by atoms with Gasteiger partial charge in [-0.05, 0) is 48.1 Å². The van der Waals surface area contributed by atoms with E-state index < -0.39 is 5.97 Å². The number of benzene rings is 2. The Hall–Kier alpha value is -2.15. The van der Waals surface area contributed by atoms with E-state index in [4.69, 9.17) is 21.7 Å². The molecule has 2 heterocycles. The fraction of sp³-hybridized carbons (Fsp3) is 0.440. The molecule has 0 unspecified atom stereocenters. The van der Waals surface area contributed by atoms with E-state index in [2.05, 4.69) is 29.7 Å². The Bertz CT molecular complexity index is 1080. The summed E-state index contributed by atoms with van der Waals surface area (Å²) in [5.74, 6) is -0.213. The summed E-state index contributed by atoms with van der Waals surface area (Å²) in [5, 5.41) is 10.9. The number of rotatable bonds is 8. The predicted molar refractivity (Wildman–Crippen MR) is 133 cm³/mol. The van der Waals surface area contributed by atoms with Crippen LogP contribution in [-0.2, 0) is 17.8 Å². The molecule has 3 aromatic rings. The quantitative estimate of drug-likeness (QED) is 0.456. The number of hydrogen-bond donors (Lipinski definition) is 1. The first-order chi connectivity index (χ1) is 15.4. The second-order valence-electron chi connectivity index (χ2n) is 9.04. The second-order valence-corrected chi connectivity index (χ2v) is 10.5. The van der Waals surface area contributed by atoms with E-state index in [1.807, 2.05) is 36.4 Å². The van der Waals surface area contributed by atoms with Crippen LogP contribution < -0.4 is 4.90 Å². The number of carbonyl (C=O) groups is 1. The first-order valence-electron chi connectivity index (χ1n) is 11.2. The van der Waals surface area contributed by atoms with Crippen molar-refractivity contribution in [1.82, 2.24) is 9.88 Å². The van der Waals surface area contributed by atoms with Crippen molar-refractivity contribution in [3.8, 4) is 0 Å². The maximum atomic E-state index is 11.1. The molecular weight excluding hydrogens is 442 g/mol. The molecule has 7 heteroatoms. The van der Waals surface area contributed by atoms with Gasteiger partial charge in [0, 0.05) is 37.2 Å². The molecule has 0 spiro atoms. The lowest BCUT2D eigenvalue weighted by Crippen LogP contribution is -2.45. The Morgan fingerprint density at radius 2 is 1.97 bits per heavy atom. The molecule has 1 aromatic heterocycles. The van der Waals surface area contributed by atoms with Gasteiger partial charge in [0.05, 0.1) is 16.6 Å². The summed E-state index contributed by atoms with van der Waals surface area (Å²) in [6.07, 6.45) is 2.26. The molecule has 0 radical (unpaired) electrons. The zero-order valence-corrected chi connectivity index (χ0v) is 20.2. The van der Waals surface area contributed by atoms with Crippen LogP contribution in [0.3, 0.4) is 0 Å². The standard InChI is InChI=1S/C25H30ClN3O2S/c1-17(2)15-29(16-19-5-3-4-18(12-19)13-24(30)31)21-8-10-28(11-9-21)25-27-22-7-6-20(26)14-23(22)32-25/h3-7,12,14,17,21H,8-11,13,15-16H2,1-2H3,(H,30,31). The van der Waals surface area contributed by atoms with Gasteiger partial charge in [0.25, 0.3) is 0 Å². The molecule has 0 bridgehead atoms. The summed E-state index contributed by atoms with van der Waals surface area (Å²) in [6.45, 7) is 8.39. The monoisotopic (exact) mass is 471 g/mol. The Kier molecular flexibility index (Phi) is 7.33. The van der Waals surface area contributed by atoms with Crippen molar-refractivity contribution in [2.45, 2.75) is 45.7 Å². The number of aromatic nitrogens is 1. The Balaban J connectivity index is 1.43. The van der Waals surface area contributed by atoms with Crippen molar-refractivity contribution < 1.29 is 9.90 Å². The van der Waals surface area contributed by atoms with Crippen molar-refractivity contribution in [3.05, 3.63) is 58.6 Å². The van der Waals surface area contributed by atoms with E-state index in [9.17, 15) is 4.79 Å². The molecule has 32 heavy (non-hydrogen) atoms. The highest BCUT2D eigenvalue weighted by molar-refractivity contribution is 7.22. The summed E-state index contributed by atoms with van der Waals surface area (Å²) in [4.78, 5) is 20.9. The van der Waals surface area contributed by atoms with Gasteiger partial charge in [0.1, 0.15) is 0 Å². The molecule has 4 rings (SSSR count). The first kappa shape index (κ1) is 23.0. The van der Waals surface area contributed by atoms with Gasteiger partial charge in [-0.3, -0.25) is 9.69 Å². The summed E-state index contributed by atoms with van der Waals surface area (Å²) in [6, 6.07) is 14.4. The molecule has 1 N–H and O–H groups in total. The average Bonchev–Trinajstić information content (AvgIpc) is 3.16. The number of fused-ring (bicyclic) bond motifs is 1. The largest absolute Gasteiger partial charge is 0.481 e. The number of aliphatic carboxylic acids is 1. The highest BCUT2D eigenvalue weighted by atomic mass is 35.5. The molecule has 0 amide bonds.